The lowest BCUT2D eigenvalue weighted by Gasteiger charge is -2.22. The van der Waals surface area contributed by atoms with Crippen LogP contribution in [0.1, 0.15) is 90.6 Å². The van der Waals surface area contributed by atoms with Gasteiger partial charge in [0.15, 0.2) is 0 Å². The number of aromatic amines is 2. The van der Waals surface area contributed by atoms with E-state index in [0.717, 1.165) is 157 Å². The van der Waals surface area contributed by atoms with Crippen LogP contribution >= 0.6 is 0 Å². The molecule has 15 aromatic rings. The molecule has 0 aliphatic carbocycles. The quantitative estimate of drug-likeness (QED) is 0.0474. The van der Waals surface area contributed by atoms with Crippen LogP contribution in [0.4, 0.5) is 0 Å². The van der Waals surface area contributed by atoms with Gasteiger partial charge in [-0.1, -0.05) is 146 Å². The first-order valence-corrected chi connectivity index (χ1v) is 38.0. The molecule has 0 spiro atoms. The number of fused-ring (bicyclic) bond motifs is 8. The fourth-order valence-corrected chi connectivity index (χ4v) is 15.0. The minimum Gasteiger partial charge on any atom is -0.354 e. The Morgan fingerprint density at radius 2 is 0.366 bits per heavy atom. The standard InChI is InChI=1S/C96H82N16/c1-9-49-97-77(17-1)61-109(62-78-18-2-10-50-98-78)57-69-25-33-73(34-26-69)93-85-41-43-87(105-85)94(74-35-27-70(28-36-74)58-110(63-79-19-3-11-51-99-79)64-80-20-4-12-52-100-80)89-45-47-91(107-89)96(76-39-31-72(32-40-76)60-112(67-83-23-7-15-55-103-83)68-84-24-8-16-56-104-84)92-48-46-90(108-92)95(88-44-42-86(93)106-88)75-37-29-71(30-38-75)59-111(65-81-21-5-13-53-101-81)66-82-22-6-14-54-102-82/h1-56,105,108H,57-68H2. The first-order valence-electron chi connectivity index (χ1n) is 38.0. The van der Waals surface area contributed by atoms with Gasteiger partial charge in [-0.15, -0.1) is 0 Å². The monoisotopic (exact) mass is 1460 g/mol. The van der Waals surface area contributed by atoms with Crippen molar-refractivity contribution in [3.05, 3.63) is 407 Å². The lowest BCUT2D eigenvalue weighted by atomic mass is 10.0. The Labute approximate surface area is 652 Å². The van der Waals surface area contributed by atoms with Crippen LogP contribution in [-0.2, 0) is 78.5 Å². The average Bonchev–Trinajstić information content (AvgIpc) is 1.61. The maximum Gasteiger partial charge on any atom is 0.0737 e. The highest BCUT2D eigenvalue weighted by molar-refractivity contribution is 6.00. The number of aromatic nitrogens is 12. The number of nitrogens with zero attached hydrogens (tertiary/aromatic N) is 14. The molecular weight excluding hydrogens is 1380 g/mol. The summed E-state index contributed by atoms with van der Waals surface area (Å²) in [5, 5.41) is 0. The van der Waals surface area contributed by atoms with Crippen LogP contribution in [-0.4, -0.2) is 79.4 Å². The van der Waals surface area contributed by atoms with Crippen molar-refractivity contribution < 1.29 is 0 Å². The molecule has 0 fully saturated rings. The van der Waals surface area contributed by atoms with E-state index in [1.807, 2.05) is 147 Å². The van der Waals surface area contributed by atoms with Gasteiger partial charge in [-0.05, 0) is 190 Å². The number of pyridine rings is 8. The number of nitrogens with one attached hydrogen (secondary N) is 2. The molecule has 0 saturated heterocycles. The predicted octanol–water partition coefficient (Wildman–Crippen LogP) is 19.3. The summed E-state index contributed by atoms with van der Waals surface area (Å²) in [5.41, 5.74) is 27.4. The van der Waals surface area contributed by atoms with Crippen LogP contribution in [0.5, 0.6) is 0 Å². The minimum absolute atomic E-state index is 0.661. The largest absolute Gasteiger partial charge is 0.354 e. The van der Waals surface area contributed by atoms with Crippen molar-refractivity contribution in [2.45, 2.75) is 78.5 Å². The lowest BCUT2D eigenvalue weighted by molar-refractivity contribution is 0.241. The molecule has 2 aliphatic rings. The molecule has 4 aromatic carbocycles. The molecule has 0 saturated carbocycles. The second-order valence-corrected chi connectivity index (χ2v) is 28.4. The van der Waals surface area contributed by atoms with Crippen LogP contribution in [0.15, 0.2) is 316 Å². The van der Waals surface area contributed by atoms with Gasteiger partial charge >= 0.3 is 0 Å². The summed E-state index contributed by atoms with van der Waals surface area (Å²) in [5.74, 6) is 0. The van der Waals surface area contributed by atoms with Gasteiger partial charge < -0.3 is 9.97 Å². The van der Waals surface area contributed by atoms with Crippen LogP contribution in [0, 0.1) is 0 Å². The molecule has 16 heteroatoms. The van der Waals surface area contributed by atoms with Crippen molar-refractivity contribution in [1.29, 1.82) is 0 Å². The second kappa shape index (κ2) is 34.4. The number of H-pyrrole nitrogens is 2. The van der Waals surface area contributed by atoms with E-state index in [-0.39, 0.29) is 0 Å². The molecule has 17 rings (SSSR count). The van der Waals surface area contributed by atoms with Gasteiger partial charge in [0, 0.05) is 172 Å². The van der Waals surface area contributed by atoms with Crippen molar-refractivity contribution in [3.63, 3.8) is 0 Å². The van der Waals surface area contributed by atoms with Crippen LogP contribution in [0.2, 0.25) is 0 Å². The third kappa shape index (κ3) is 17.8. The first kappa shape index (κ1) is 71.4. The van der Waals surface area contributed by atoms with Gasteiger partial charge in [-0.2, -0.15) is 0 Å². The zero-order valence-corrected chi connectivity index (χ0v) is 62.1. The van der Waals surface area contributed by atoms with Gasteiger partial charge in [0.1, 0.15) is 0 Å². The van der Waals surface area contributed by atoms with Gasteiger partial charge in [0.2, 0.25) is 0 Å². The van der Waals surface area contributed by atoms with E-state index in [4.69, 9.17) is 49.8 Å². The molecule has 112 heavy (non-hydrogen) atoms. The summed E-state index contributed by atoms with van der Waals surface area (Å²) < 4.78 is 0. The van der Waals surface area contributed by atoms with Crippen molar-refractivity contribution in [2.24, 2.45) is 0 Å². The fraction of sp³-hybridized carbons (Fsp3) is 0.125. The fourth-order valence-electron chi connectivity index (χ4n) is 15.0. The third-order valence-electron chi connectivity index (χ3n) is 20.2. The maximum absolute atomic E-state index is 5.78. The van der Waals surface area contributed by atoms with Crippen molar-refractivity contribution in [2.75, 3.05) is 0 Å². The molecule has 546 valence electrons. The van der Waals surface area contributed by atoms with Gasteiger partial charge in [0.05, 0.1) is 68.3 Å². The normalized spacial score (nSPS) is 11.9. The van der Waals surface area contributed by atoms with Crippen LogP contribution < -0.4 is 0 Å². The summed E-state index contributed by atoms with van der Waals surface area (Å²) >= 11 is 0. The third-order valence-corrected chi connectivity index (χ3v) is 20.2. The Morgan fingerprint density at radius 1 is 0.188 bits per heavy atom. The van der Waals surface area contributed by atoms with E-state index in [0.29, 0.717) is 78.5 Å². The average molecular weight is 1460 g/mol. The van der Waals surface area contributed by atoms with E-state index < -0.39 is 0 Å². The molecule has 2 aliphatic heterocycles. The molecular formula is C96H82N16. The molecule has 8 bridgehead atoms. The molecule has 11 aromatic heterocycles. The zero-order valence-electron chi connectivity index (χ0n) is 62.1. The molecule has 0 amide bonds. The summed E-state index contributed by atoms with van der Waals surface area (Å²) in [4.78, 5) is 67.1. The van der Waals surface area contributed by atoms with Gasteiger partial charge in [-0.3, -0.25) is 59.5 Å². The Morgan fingerprint density at radius 3 is 0.527 bits per heavy atom. The van der Waals surface area contributed by atoms with Crippen LogP contribution in [0.3, 0.4) is 0 Å². The van der Waals surface area contributed by atoms with E-state index >= 15 is 0 Å². The van der Waals surface area contributed by atoms with Crippen molar-refractivity contribution >= 4 is 46.4 Å². The van der Waals surface area contributed by atoms with E-state index in [1.165, 1.54) is 0 Å². The molecule has 13 heterocycles. The molecule has 0 atom stereocenters. The van der Waals surface area contributed by atoms with Crippen LogP contribution in [0.25, 0.3) is 90.9 Å². The number of hydrogen-bond acceptors (Lipinski definition) is 14. The number of hydrogen-bond donors (Lipinski definition) is 2. The van der Waals surface area contributed by atoms with Gasteiger partial charge in [0.25, 0.3) is 0 Å². The summed E-state index contributed by atoms with van der Waals surface area (Å²) in [7, 11) is 0. The minimum atomic E-state index is 0.661. The Kier molecular flexibility index (Phi) is 21.9. The predicted molar refractivity (Wildman–Crippen MR) is 446 cm³/mol. The highest BCUT2D eigenvalue weighted by Crippen LogP contribution is 2.40. The molecule has 0 radical (unpaired) electrons. The first-order chi connectivity index (χ1) is 55.4. The summed E-state index contributed by atoms with van der Waals surface area (Å²) in [6.45, 7) is 8.00. The van der Waals surface area contributed by atoms with E-state index in [9.17, 15) is 0 Å². The molecule has 2 N–H and O–H groups in total. The van der Waals surface area contributed by atoms with Crippen molar-refractivity contribution in [3.8, 4) is 44.5 Å². The topological polar surface area (TPSA) is 173 Å². The number of rotatable bonds is 28. The molecule has 0 unspecified atom stereocenters. The second-order valence-electron chi connectivity index (χ2n) is 28.4. The van der Waals surface area contributed by atoms with Crippen molar-refractivity contribution in [1.82, 2.24) is 79.4 Å². The summed E-state index contributed by atoms with van der Waals surface area (Å²) in [6, 6.07) is 93.5. The maximum atomic E-state index is 5.78. The Bertz CT molecular complexity index is 4970. The smallest absolute Gasteiger partial charge is 0.0737 e. The van der Waals surface area contributed by atoms with E-state index in [2.05, 4.69) is 224 Å². The highest BCUT2D eigenvalue weighted by atomic mass is 15.2. The number of benzene rings is 4. The Balaban J connectivity index is 0.818. The Hall–Kier alpha value is -13.5. The van der Waals surface area contributed by atoms with Gasteiger partial charge in [-0.25, -0.2) is 9.97 Å². The molecule has 16 nitrogen and oxygen atoms in total. The lowest BCUT2D eigenvalue weighted by Crippen LogP contribution is -2.23. The zero-order chi connectivity index (χ0) is 75.0. The highest BCUT2D eigenvalue weighted by Gasteiger charge is 2.23. The SMILES string of the molecule is C1=Cc2nc1c(-c1ccc(CN(Cc3ccccn3)Cc3ccccn3)cc1)c1ccc([nH]1)c(-c1ccc(CN(Cc3ccccn3)Cc3ccccn3)cc1)c1nc(c(-c3ccc(CN(Cc4ccccn4)Cc4ccccn4)cc3)c3ccc([nH]3)c2-c2ccc(CN(Cc3ccccn3)Cc3ccccn3)cc2)C=C1. The van der Waals surface area contributed by atoms with E-state index in [1.54, 1.807) is 0 Å². The summed E-state index contributed by atoms with van der Waals surface area (Å²) in [6.07, 6.45) is 23.6.